The highest BCUT2D eigenvalue weighted by Gasteiger charge is 2.30. The molecule has 2 N–H and O–H groups in total. The first-order valence-corrected chi connectivity index (χ1v) is 6.93. The van der Waals surface area contributed by atoms with Crippen molar-refractivity contribution >= 4 is 38.8 Å². The molecule has 0 radical (unpaired) electrons. The Balaban J connectivity index is 2.26. The second-order valence-electron chi connectivity index (χ2n) is 5.37. The molecule has 1 saturated heterocycles. The standard InChI is InChI=1S/C13H17BrN2S/c1-13(2)5-6-16(8-13)11-4-3-9(12(15)17)7-10(11)14/h3-4,7H,5-6,8H2,1-2H3,(H2,15,17). The van der Waals surface area contributed by atoms with Gasteiger partial charge >= 0.3 is 0 Å². The van der Waals surface area contributed by atoms with E-state index in [1.807, 2.05) is 12.1 Å². The molecule has 4 heteroatoms. The van der Waals surface area contributed by atoms with Gasteiger partial charge in [-0.15, -0.1) is 0 Å². The van der Waals surface area contributed by atoms with E-state index in [-0.39, 0.29) is 0 Å². The van der Waals surface area contributed by atoms with Crippen LogP contribution in [0.3, 0.4) is 0 Å². The number of halogens is 1. The molecule has 1 heterocycles. The predicted octanol–water partition coefficient (Wildman–Crippen LogP) is 3.32. The zero-order valence-corrected chi connectivity index (χ0v) is 12.6. The average molecular weight is 313 g/mol. The van der Waals surface area contributed by atoms with E-state index in [2.05, 4.69) is 40.7 Å². The number of nitrogens with two attached hydrogens (primary N) is 1. The number of hydrogen-bond donors (Lipinski definition) is 1. The van der Waals surface area contributed by atoms with Gasteiger partial charge in [0, 0.05) is 23.1 Å². The van der Waals surface area contributed by atoms with E-state index in [4.69, 9.17) is 18.0 Å². The first-order chi connectivity index (χ1) is 7.89. The number of rotatable bonds is 2. The summed E-state index contributed by atoms with van der Waals surface area (Å²) < 4.78 is 1.07. The minimum atomic E-state index is 0.404. The monoisotopic (exact) mass is 312 g/mol. The molecule has 1 aromatic carbocycles. The molecule has 0 unspecified atom stereocenters. The van der Waals surface area contributed by atoms with Gasteiger partial charge in [-0.1, -0.05) is 26.1 Å². The SMILES string of the molecule is CC1(C)CCN(c2ccc(C(N)=S)cc2Br)C1. The second kappa shape index (κ2) is 4.58. The van der Waals surface area contributed by atoms with Crippen LogP contribution in [0.4, 0.5) is 5.69 Å². The Kier molecular flexibility index (Phi) is 3.46. The van der Waals surface area contributed by atoms with Crippen LogP contribution in [0.15, 0.2) is 22.7 Å². The van der Waals surface area contributed by atoms with E-state index in [1.165, 1.54) is 12.1 Å². The molecular formula is C13H17BrN2S. The molecule has 0 spiro atoms. The summed E-state index contributed by atoms with van der Waals surface area (Å²) in [6, 6.07) is 6.09. The van der Waals surface area contributed by atoms with E-state index in [0.717, 1.165) is 23.1 Å². The molecule has 2 rings (SSSR count). The summed E-state index contributed by atoms with van der Waals surface area (Å²) in [6.07, 6.45) is 1.23. The molecule has 92 valence electrons. The number of anilines is 1. The molecule has 1 aliphatic rings. The van der Waals surface area contributed by atoms with Crippen LogP contribution in [0.1, 0.15) is 25.8 Å². The van der Waals surface area contributed by atoms with E-state index in [1.54, 1.807) is 0 Å². The first-order valence-electron chi connectivity index (χ1n) is 5.73. The second-order valence-corrected chi connectivity index (χ2v) is 6.66. The average Bonchev–Trinajstić information content (AvgIpc) is 2.58. The van der Waals surface area contributed by atoms with Gasteiger partial charge in [0.1, 0.15) is 4.99 Å². The third kappa shape index (κ3) is 2.80. The molecular weight excluding hydrogens is 296 g/mol. The molecule has 0 atom stereocenters. The van der Waals surface area contributed by atoms with Gasteiger partial charge < -0.3 is 10.6 Å². The lowest BCUT2D eigenvalue weighted by Gasteiger charge is -2.23. The van der Waals surface area contributed by atoms with Gasteiger partial charge in [0.05, 0.1) is 5.69 Å². The van der Waals surface area contributed by atoms with Gasteiger partial charge in [0.2, 0.25) is 0 Å². The van der Waals surface area contributed by atoms with Crippen molar-refractivity contribution in [2.45, 2.75) is 20.3 Å². The highest BCUT2D eigenvalue weighted by atomic mass is 79.9. The normalized spacial score (nSPS) is 18.4. The summed E-state index contributed by atoms with van der Waals surface area (Å²) >= 11 is 8.59. The molecule has 0 bridgehead atoms. The van der Waals surface area contributed by atoms with Crippen LogP contribution < -0.4 is 10.6 Å². The maximum atomic E-state index is 5.63. The topological polar surface area (TPSA) is 29.3 Å². The Morgan fingerprint density at radius 3 is 2.65 bits per heavy atom. The summed E-state index contributed by atoms with van der Waals surface area (Å²) in [7, 11) is 0. The third-order valence-electron chi connectivity index (χ3n) is 3.25. The van der Waals surface area contributed by atoms with Crippen molar-refractivity contribution in [3.05, 3.63) is 28.2 Å². The van der Waals surface area contributed by atoms with Gasteiger partial charge in [-0.25, -0.2) is 0 Å². The van der Waals surface area contributed by atoms with Crippen LogP contribution >= 0.6 is 28.1 Å². The van der Waals surface area contributed by atoms with Gasteiger partial charge in [0.25, 0.3) is 0 Å². The van der Waals surface area contributed by atoms with Crippen LogP contribution in [0, 0.1) is 5.41 Å². The van der Waals surface area contributed by atoms with Crippen molar-refractivity contribution in [3.63, 3.8) is 0 Å². The van der Waals surface area contributed by atoms with Crippen molar-refractivity contribution in [1.29, 1.82) is 0 Å². The summed E-state index contributed by atoms with van der Waals surface area (Å²) in [4.78, 5) is 2.85. The van der Waals surface area contributed by atoms with Gasteiger partial charge in [-0.3, -0.25) is 0 Å². The maximum absolute atomic E-state index is 5.63. The third-order valence-corrected chi connectivity index (χ3v) is 4.12. The molecule has 1 fully saturated rings. The lowest BCUT2D eigenvalue weighted by molar-refractivity contribution is 0.418. The fraction of sp³-hybridized carbons (Fsp3) is 0.462. The lowest BCUT2D eigenvalue weighted by atomic mass is 9.93. The number of nitrogens with zero attached hydrogens (tertiary/aromatic N) is 1. The Morgan fingerprint density at radius 2 is 2.18 bits per heavy atom. The fourth-order valence-corrected chi connectivity index (χ4v) is 2.99. The Bertz CT molecular complexity index is 457. The molecule has 0 amide bonds. The number of benzene rings is 1. The Labute approximate surface area is 116 Å². The lowest BCUT2D eigenvalue weighted by Crippen LogP contribution is -2.23. The van der Waals surface area contributed by atoms with Gasteiger partial charge in [0.15, 0.2) is 0 Å². The van der Waals surface area contributed by atoms with Crippen LogP contribution in [0.5, 0.6) is 0 Å². The van der Waals surface area contributed by atoms with E-state index < -0.39 is 0 Å². The molecule has 1 aliphatic heterocycles. The molecule has 17 heavy (non-hydrogen) atoms. The summed E-state index contributed by atoms with van der Waals surface area (Å²) in [6.45, 7) is 6.82. The Morgan fingerprint density at radius 1 is 1.47 bits per heavy atom. The highest BCUT2D eigenvalue weighted by Crippen LogP contribution is 2.36. The van der Waals surface area contributed by atoms with Crippen LogP contribution in [-0.4, -0.2) is 18.1 Å². The van der Waals surface area contributed by atoms with Crippen molar-refractivity contribution in [3.8, 4) is 0 Å². The Hall–Kier alpha value is -0.610. The van der Waals surface area contributed by atoms with Gasteiger partial charge in [-0.05, 0) is 46.0 Å². The molecule has 2 nitrogen and oxygen atoms in total. The number of thiocarbonyl (C=S) groups is 1. The molecule has 0 saturated carbocycles. The smallest absolute Gasteiger partial charge is 0.104 e. The van der Waals surface area contributed by atoms with Gasteiger partial charge in [-0.2, -0.15) is 0 Å². The van der Waals surface area contributed by atoms with E-state index in [0.29, 0.717) is 10.4 Å². The summed E-state index contributed by atoms with van der Waals surface area (Å²) in [5, 5.41) is 0. The highest BCUT2D eigenvalue weighted by molar-refractivity contribution is 9.10. The van der Waals surface area contributed by atoms with E-state index >= 15 is 0 Å². The first kappa shape index (κ1) is 12.8. The summed E-state index contributed by atoms with van der Waals surface area (Å²) in [5.41, 5.74) is 8.17. The quantitative estimate of drug-likeness (QED) is 0.849. The van der Waals surface area contributed by atoms with E-state index in [9.17, 15) is 0 Å². The van der Waals surface area contributed by atoms with Crippen LogP contribution in [0.25, 0.3) is 0 Å². The fourth-order valence-electron chi connectivity index (χ4n) is 2.23. The minimum absolute atomic E-state index is 0.404. The predicted molar refractivity (Wildman–Crippen MR) is 80.6 cm³/mol. The van der Waals surface area contributed by atoms with Crippen molar-refractivity contribution in [1.82, 2.24) is 0 Å². The number of hydrogen-bond acceptors (Lipinski definition) is 2. The largest absolute Gasteiger partial charge is 0.389 e. The van der Waals surface area contributed by atoms with Crippen molar-refractivity contribution in [2.75, 3.05) is 18.0 Å². The zero-order valence-electron chi connectivity index (χ0n) is 10.2. The molecule has 0 aromatic heterocycles. The molecule has 1 aromatic rings. The zero-order chi connectivity index (χ0) is 12.6. The summed E-state index contributed by atoms with van der Waals surface area (Å²) in [5.74, 6) is 0. The minimum Gasteiger partial charge on any atom is -0.389 e. The van der Waals surface area contributed by atoms with Crippen molar-refractivity contribution < 1.29 is 0 Å². The maximum Gasteiger partial charge on any atom is 0.104 e. The van der Waals surface area contributed by atoms with Crippen LogP contribution in [0.2, 0.25) is 0 Å². The molecule has 0 aliphatic carbocycles. The van der Waals surface area contributed by atoms with Crippen LogP contribution in [-0.2, 0) is 0 Å². The van der Waals surface area contributed by atoms with Crippen molar-refractivity contribution in [2.24, 2.45) is 11.1 Å².